The number of para-hydroxylation sites is 4. The van der Waals surface area contributed by atoms with E-state index in [2.05, 4.69) is 354 Å². The van der Waals surface area contributed by atoms with Gasteiger partial charge in [0.25, 0.3) is 0 Å². The number of benzene rings is 8. The summed E-state index contributed by atoms with van der Waals surface area (Å²) in [6.07, 6.45) is 0. The van der Waals surface area contributed by atoms with E-state index < -0.39 is 0 Å². The van der Waals surface area contributed by atoms with Crippen LogP contribution in [-0.2, 0) is 38.4 Å². The van der Waals surface area contributed by atoms with E-state index in [0.29, 0.717) is 0 Å². The highest BCUT2D eigenvalue weighted by Crippen LogP contribution is 2.39. The smallest absolute Gasteiger partial charge is 0.216 e. The second kappa shape index (κ2) is 21.9. The minimum Gasteiger partial charge on any atom is -0.304 e. The molecule has 0 saturated carbocycles. The van der Waals surface area contributed by atoms with Crippen LogP contribution < -0.4 is 0 Å². The summed E-state index contributed by atoms with van der Waals surface area (Å²) in [4.78, 5) is 19.9. The lowest BCUT2D eigenvalue weighted by Crippen LogP contribution is -2.21. The minimum absolute atomic E-state index is 0.0143. The van der Waals surface area contributed by atoms with Crippen molar-refractivity contribution in [2.24, 2.45) is 0 Å². The third-order valence-corrected chi connectivity index (χ3v) is 18.7. The highest BCUT2D eigenvalue weighted by Gasteiger charge is 2.30. The first-order valence-corrected chi connectivity index (χ1v) is 34.0. The minimum atomic E-state index is -0.0551. The number of hydrogen-bond donors (Lipinski definition) is 0. The van der Waals surface area contributed by atoms with Gasteiger partial charge in [-0.3, -0.25) is 17.6 Å². The van der Waals surface area contributed by atoms with E-state index in [9.17, 15) is 0 Å². The summed E-state index contributed by atoms with van der Waals surface area (Å²) < 4.78 is 18.6. The molecule has 0 fully saturated rings. The molecule has 0 aliphatic rings. The fraction of sp³-hybridized carbons (Fsp3) is 0.373. The Morgan fingerprint density at radius 2 is 0.463 bits per heavy atom. The molecule has 490 valence electrons. The number of fused-ring (bicyclic) bond motifs is 20. The highest BCUT2D eigenvalue weighted by atomic mass is 15.3. The normalized spacial score (nSPS) is 13.3. The Labute approximate surface area is 559 Å². The number of nitrogens with zero attached hydrogens (tertiary/aromatic N) is 12. The fourth-order valence-corrected chi connectivity index (χ4v) is 14.1. The van der Waals surface area contributed by atoms with Crippen molar-refractivity contribution < 1.29 is 0 Å². The second-order valence-corrected chi connectivity index (χ2v) is 33.8. The van der Waals surface area contributed by atoms with Crippen LogP contribution in [0.15, 0.2) is 158 Å². The standard InChI is InChI=1S/C25H33N3.C21H25N3.C19H21N3.C18H19N3/c1-23(2,3)16-10-12-19-18(14-16)26-22-27(19)21-15-17(24(4,5)6)11-13-20(21)28(22)25(7,8)9;1-20(2,3)14-11-12-17-18(13-14)23-16-10-8-7-9-15(16)22-19(23)24(17)21(4,5)6;1-12-6-8-15-14(10-12)20-18-21(15)17-11-13(2)7-9-16(17)22(18)19(3,4)5;1-12-9-10-15-16(11-12)20-14-8-6-5-7-13(14)19-17(20)21(15)18(2,3)4/h10-15H,1-9H3;7-13H,1-6H3;6-11H,1-5H3;5-11H,1-4H3. The molecule has 0 aliphatic heterocycles. The molecule has 0 unspecified atom stereocenters. The lowest BCUT2D eigenvalue weighted by atomic mass is 9.86. The van der Waals surface area contributed by atoms with E-state index in [4.69, 9.17) is 19.9 Å². The summed E-state index contributed by atoms with van der Waals surface area (Å²) in [6.45, 7) is 53.6. The average Bonchev–Trinajstić information content (AvgIpc) is 1.58. The third-order valence-electron chi connectivity index (χ3n) is 18.7. The Hall–Kier alpha value is -9.16. The van der Waals surface area contributed by atoms with Crippen molar-refractivity contribution in [3.63, 3.8) is 0 Å². The van der Waals surface area contributed by atoms with Crippen molar-refractivity contribution in [2.45, 2.75) is 205 Å². The van der Waals surface area contributed by atoms with Gasteiger partial charge in [-0.1, -0.05) is 123 Å². The molecule has 16 rings (SSSR count). The number of aryl methyl sites for hydroxylation is 3. The van der Waals surface area contributed by atoms with Crippen LogP contribution >= 0.6 is 0 Å². The third kappa shape index (κ3) is 11.1. The number of rotatable bonds is 0. The molecule has 0 aliphatic carbocycles. The first-order valence-electron chi connectivity index (χ1n) is 34.0. The molecular weight excluding hydrogens is 1160 g/mol. The van der Waals surface area contributed by atoms with Crippen LogP contribution in [0.3, 0.4) is 0 Å². The maximum absolute atomic E-state index is 5.11. The van der Waals surface area contributed by atoms with Crippen molar-refractivity contribution in [1.29, 1.82) is 0 Å². The SMILES string of the molecule is CC(C)(C)c1ccc2c(c1)n1c3ccccc3nc1n2C(C)(C)C.CC(C)(C)c1ccc2c(c1)nc1n(C(C)(C)C)c3ccc(C(C)(C)C)cc3n21.Cc1ccc2c(c1)n1c3ccccc3nc1n2C(C)(C)C.Cc1ccc2c(c1)nc1n(C(C)(C)C)c3ccc(C)cc3n21. The van der Waals surface area contributed by atoms with Gasteiger partial charge in [0.2, 0.25) is 23.1 Å². The summed E-state index contributed by atoms with van der Waals surface area (Å²) in [5.41, 5.74) is 26.9. The molecule has 12 heteroatoms. The molecule has 0 bridgehead atoms. The molecule has 0 N–H and O–H groups in total. The van der Waals surface area contributed by atoms with E-state index in [1.54, 1.807) is 0 Å². The quantitative estimate of drug-likeness (QED) is 0.151. The predicted molar refractivity (Wildman–Crippen MR) is 403 cm³/mol. The maximum Gasteiger partial charge on any atom is 0.216 e. The number of aromatic nitrogens is 12. The van der Waals surface area contributed by atoms with Crippen molar-refractivity contribution in [2.75, 3.05) is 0 Å². The number of imidazole rings is 8. The monoisotopic (exact) mass is 1260 g/mol. The van der Waals surface area contributed by atoms with Gasteiger partial charge in [-0.25, -0.2) is 19.9 Å². The zero-order chi connectivity index (χ0) is 68.3. The summed E-state index contributed by atoms with van der Waals surface area (Å²) >= 11 is 0. The van der Waals surface area contributed by atoms with Crippen molar-refractivity contribution in [3.8, 4) is 0 Å². The largest absolute Gasteiger partial charge is 0.304 e. The van der Waals surface area contributed by atoms with Gasteiger partial charge in [0.1, 0.15) is 0 Å². The van der Waals surface area contributed by atoms with E-state index in [0.717, 1.165) is 45.2 Å². The van der Waals surface area contributed by atoms with Crippen molar-refractivity contribution in [3.05, 3.63) is 191 Å². The van der Waals surface area contributed by atoms with Crippen LogP contribution in [0, 0.1) is 20.8 Å². The fourth-order valence-electron chi connectivity index (χ4n) is 14.1. The highest BCUT2D eigenvalue weighted by molar-refractivity contribution is 5.95. The topological polar surface area (TPSA) is 88.9 Å². The summed E-state index contributed by atoms with van der Waals surface area (Å²) in [5, 5.41) is 0. The van der Waals surface area contributed by atoms with Gasteiger partial charge in [-0.15, -0.1) is 0 Å². The maximum atomic E-state index is 5.11. The lowest BCUT2D eigenvalue weighted by molar-refractivity contribution is 0.418. The van der Waals surface area contributed by atoms with E-state index in [1.165, 1.54) is 99.6 Å². The molecule has 8 heterocycles. The lowest BCUT2D eigenvalue weighted by Gasteiger charge is -2.23. The van der Waals surface area contributed by atoms with Gasteiger partial charge in [-0.05, 0) is 251 Å². The summed E-state index contributed by atoms with van der Waals surface area (Å²) in [5.74, 6) is 4.08. The van der Waals surface area contributed by atoms with Gasteiger partial charge in [0.15, 0.2) is 0 Å². The molecule has 0 spiro atoms. The molecular formula is C83H98N12. The molecule has 0 radical (unpaired) electrons. The Bertz CT molecular complexity index is 5680. The van der Waals surface area contributed by atoms with Crippen LogP contribution in [0.4, 0.5) is 0 Å². The molecule has 0 saturated heterocycles. The van der Waals surface area contributed by atoms with Gasteiger partial charge in [0.05, 0.1) is 88.3 Å². The molecule has 95 heavy (non-hydrogen) atoms. The molecule has 12 nitrogen and oxygen atoms in total. The molecule has 16 aromatic rings. The van der Waals surface area contributed by atoms with Crippen LogP contribution in [-0.4, -0.2) is 55.8 Å². The summed E-state index contributed by atoms with van der Waals surface area (Å²) in [6, 6.07) is 57.0. The zero-order valence-electron chi connectivity index (χ0n) is 60.9. The summed E-state index contributed by atoms with van der Waals surface area (Å²) in [7, 11) is 0. The second-order valence-electron chi connectivity index (χ2n) is 33.8. The first-order chi connectivity index (χ1) is 44.3. The van der Waals surface area contributed by atoms with Crippen molar-refractivity contribution in [1.82, 2.24) is 55.8 Å². The van der Waals surface area contributed by atoms with Gasteiger partial charge < -0.3 is 18.3 Å². The Morgan fingerprint density at radius 1 is 0.221 bits per heavy atom. The zero-order valence-corrected chi connectivity index (χ0v) is 60.9. The van der Waals surface area contributed by atoms with Crippen LogP contribution in [0.25, 0.3) is 111 Å². The van der Waals surface area contributed by atoms with E-state index >= 15 is 0 Å². The Morgan fingerprint density at radius 3 is 0.789 bits per heavy atom. The van der Waals surface area contributed by atoms with E-state index in [-0.39, 0.29) is 38.4 Å². The van der Waals surface area contributed by atoms with Crippen LogP contribution in [0.1, 0.15) is 179 Å². The molecule has 8 aromatic carbocycles. The number of hydrogen-bond acceptors (Lipinski definition) is 4. The first kappa shape index (κ1) is 64.5. The molecule has 0 atom stereocenters. The van der Waals surface area contributed by atoms with Crippen LogP contribution in [0.5, 0.6) is 0 Å². The van der Waals surface area contributed by atoms with Gasteiger partial charge >= 0.3 is 0 Å². The Kier molecular flexibility index (Phi) is 14.9. The molecule has 8 aromatic heterocycles. The van der Waals surface area contributed by atoms with Crippen LogP contribution in [0.2, 0.25) is 0 Å². The van der Waals surface area contributed by atoms with E-state index in [1.807, 2.05) is 6.07 Å². The average molecular weight is 1260 g/mol. The van der Waals surface area contributed by atoms with Gasteiger partial charge in [-0.2, -0.15) is 0 Å². The van der Waals surface area contributed by atoms with Crippen molar-refractivity contribution >= 4 is 111 Å². The Balaban J connectivity index is 0.000000115. The van der Waals surface area contributed by atoms with Gasteiger partial charge in [0, 0.05) is 22.2 Å². The molecule has 0 amide bonds. The predicted octanol–water partition coefficient (Wildman–Crippen LogP) is 21.6.